The molecule has 0 aliphatic rings. The molecule has 0 saturated heterocycles. The number of hydrogen-bond acceptors (Lipinski definition) is 5. The first-order chi connectivity index (χ1) is 10.5. The van der Waals surface area contributed by atoms with Gasteiger partial charge in [-0.15, -0.1) is 0 Å². The Labute approximate surface area is 133 Å². The smallest absolute Gasteiger partial charge is 0.326 e. The molecule has 0 bridgehead atoms. The normalized spacial score (nSPS) is 11.4. The van der Waals surface area contributed by atoms with Gasteiger partial charge in [-0.2, -0.15) is 11.8 Å². The third kappa shape index (κ3) is 5.72. The van der Waals surface area contributed by atoms with Crippen molar-refractivity contribution in [3.8, 4) is 11.5 Å². The lowest BCUT2D eigenvalue weighted by atomic mass is 10.2. The molecule has 1 aromatic rings. The Kier molecular flexibility index (Phi) is 7.38. The maximum atomic E-state index is 11.9. The summed E-state index contributed by atoms with van der Waals surface area (Å²) in [6.45, 7) is 0. The Balaban J connectivity index is 2.72. The Morgan fingerprint density at radius 2 is 1.82 bits per heavy atom. The van der Waals surface area contributed by atoms with Crippen LogP contribution in [0.5, 0.6) is 11.5 Å². The van der Waals surface area contributed by atoms with Crippen LogP contribution >= 0.6 is 11.8 Å². The summed E-state index contributed by atoms with van der Waals surface area (Å²) in [6.07, 6.45) is 2.23. The van der Waals surface area contributed by atoms with Crippen molar-refractivity contribution in [3.63, 3.8) is 0 Å². The molecule has 1 aromatic carbocycles. The highest BCUT2D eigenvalue weighted by Gasteiger charge is 2.19. The summed E-state index contributed by atoms with van der Waals surface area (Å²) in [5.41, 5.74) is 0.447. The van der Waals surface area contributed by atoms with Crippen LogP contribution in [0.2, 0.25) is 0 Å². The molecule has 1 rings (SSSR count). The molecule has 0 aliphatic carbocycles. The second kappa shape index (κ2) is 9.04. The summed E-state index contributed by atoms with van der Waals surface area (Å²) in [6, 6.07) is 3.37. The maximum absolute atomic E-state index is 11.9. The molecule has 0 heterocycles. The minimum Gasteiger partial charge on any atom is -0.497 e. The first kappa shape index (κ1) is 18.0. The van der Waals surface area contributed by atoms with Gasteiger partial charge >= 0.3 is 12.0 Å². The molecular formula is C14H20N2O5S. The van der Waals surface area contributed by atoms with E-state index in [2.05, 4.69) is 10.6 Å². The number of carboxylic acids is 1. The van der Waals surface area contributed by atoms with Crippen LogP contribution in [-0.2, 0) is 4.79 Å². The number of nitrogens with one attached hydrogen (secondary N) is 2. The van der Waals surface area contributed by atoms with E-state index in [4.69, 9.17) is 14.6 Å². The summed E-state index contributed by atoms with van der Waals surface area (Å²) in [7, 11) is 3.00. The Bertz CT molecular complexity index is 502. The molecule has 3 N–H and O–H groups in total. The number of aliphatic carboxylic acids is 1. The van der Waals surface area contributed by atoms with Gasteiger partial charge in [-0.1, -0.05) is 0 Å². The van der Waals surface area contributed by atoms with E-state index in [9.17, 15) is 9.59 Å². The first-order valence-corrected chi connectivity index (χ1v) is 7.92. The number of benzene rings is 1. The minimum absolute atomic E-state index is 0.353. The molecule has 8 heteroatoms. The molecular weight excluding hydrogens is 308 g/mol. The number of carbonyl (C=O) groups excluding carboxylic acids is 1. The highest BCUT2D eigenvalue weighted by molar-refractivity contribution is 7.98. The molecule has 1 atom stereocenters. The van der Waals surface area contributed by atoms with Gasteiger partial charge in [0.05, 0.1) is 14.2 Å². The molecule has 0 saturated carbocycles. The zero-order chi connectivity index (χ0) is 16.5. The third-order valence-electron chi connectivity index (χ3n) is 2.82. The summed E-state index contributed by atoms with van der Waals surface area (Å²) >= 11 is 1.52. The van der Waals surface area contributed by atoms with E-state index in [1.165, 1.54) is 26.0 Å². The van der Waals surface area contributed by atoms with Crippen molar-refractivity contribution in [2.24, 2.45) is 0 Å². The second-order valence-electron chi connectivity index (χ2n) is 4.37. The van der Waals surface area contributed by atoms with Crippen molar-refractivity contribution in [2.75, 3.05) is 31.5 Å². The van der Waals surface area contributed by atoms with Crippen LogP contribution in [-0.4, -0.2) is 49.4 Å². The van der Waals surface area contributed by atoms with E-state index in [1.54, 1.807) is 18.2 Å². The minimum atomic E-state index is -1.06. The van der Waals surface area contributed by atoms with Gasteiger partial charge in [0.25, 0.3) is 0 Å². The fraction of sp³-hybridized carbons (Fsp3) is 0.429. The number of thioether (sulfide) groups is 1. The first-order valence-electron chi connectivity index (χ1n) is 6.52. The zero-order valence-corrected chi connectivity index (χ0v) is 13.5. The molecule has 0 radical (unpaired) electrons. The highest BCUT2D eigenvalue weighted by atomic mass is 32.2. The van der Waals surface area contributed by atoms with Gasteiger partial charge in [-0.05, 0) is 18.4 Å². The van der Waals surface area contributed by atoms with Crippen molar-refractivity contribution in [2.45, 2.75) is 12.5 Å². The van der Waals surface area contributed by atoms with Crippen LogP contribution in [0.15, 0.2) is 18.2 Å². The van der Waals surface area contributed by atoms with Gasteiger partial charge in [0.1, 0.15) is 17.5 Å². The van der Waals surface area contributed by atoms with E-state index in [0.29, 0.717) is 29.4 Å². The van der Waals surface area contributed by atoms with Crippen LogP contribution in [0.25, 0.3) is 0 Å². The number of amides is 2. The monoisotopic (exact) mass is 328 g/mol. The molecule has 0 aliphatic heterocycles. The van der Waals surface area contributed by atoms with Gasteiger partial charge in [-0.25, -0.2) is 9.59 Å². The van der Waals surface area contributed by atoms with Crippen molar-refractivity contribution in [3.05, 3.63) is 18.2 Å². The topological polar surface area (TPSA) is 96.9 Å². The maximum Gasteiger partial charge on any atom is 0.326 e. The molecule has 122 valence electrons. The lowest BCUT2D eigenvalue weighted by Gasteiger charge is -2.15. The van der Waals surface area contributed by atoms with Crippen molar-refractivity contribution in [1.82, 2.24) is 5.32 Å². The van der Waals surface area contributed by atoms with Crippen molar-refractivity contribution >= 4 is 29.4 Å². The summed E-state index contributed by atoms with van der Waals surface area (Å²) in [4.78, 5) is 23.0. The average Bonchev–Trinajstić information content (AvgIpc) is 2.50. The van der Waals surface area contributed by atoms with Gasteiger partial charge in [-0.3, -0.25) is 0 Å². The molecule has 7 nitrogen and oxygen atoms in total. The third-order valence-corrected chi connectivity index (χ3v) is 3.47. The SMILES string of the molecule is COc1cc(NC(=O)NC(CCSC)C(=O)O)cc(OC)c1. The van der Waals surface area contributed by atoms with E-state index in [-0.39, 0.29) is 0 Å². The van der Waals surface area contributed by atoms with E-state index in [0.717, 1.165) is 0 Å². The number of rotatable bonds is 8. The highest BCUT2D eigenvalue weighted by Crippen LogP contribution is 2.25. The zero-order valence-electron chi connectivity index (χ0n) is 12.7. The van der Waals surface area contributed by atoms with Crippen LogP contribution < -0.4 is 20.1 Å². The van der Waals surface area contributed by atoms with E-state index < -0.39 is 18.0 Å². The van der Waals surface area contributed by atoms with Gasteiger partial charge in [0.2, 0.25) is 0 Å². The van der Waals surface area contributed by atoms with Gasteiger partial charge in [0.15, 0.2) is 0 Å². The van der Waals surface area contributed by atoms with Crippen molar-refractivity contribution in [1.29, 1.82) is 0 Å². The predicted molar refractivity (Wildman–Crippen MR) is 86.1 cm³/mol. The molecule has 0 fully saturated rings. The second-order valence-corrected chi connectivity index (χ2v) is 5.36. The number of hydrogen-bond donors (Lipinski definition) is 3. The number of methoxy groups -OCH3 is 2. The largest absolute Gasteiger partial charge is 0.497 e. The lowest BCUT2D eigenvalue weighted by Crippen LogP contribution is -2.43. The van der Waals surface area contributed by atoms with Crippen LogP contribution in [0.1, 0.15) is 6.42 Å². The fourth-order valence-electron chi connectivity index (χ4n) is 1.70. The van der Waals surface area contributed by atoms with Gasteiger partial charge < -0.3 is 25.2 Å². The van der Waals surface area contributed by atoms with E-state index >= 15 is 0 Å². The summed E-state index contributed by atoms with van der Waals surface area (Å²) in [5.74, 6) is 0.621. The van der Waals surface area contributed by atoms with Crippen molar-refractivity contribution < 1.29 is 24.2 Å². The van der Waals surface area contributed by atoms with Crippen LogP contribution in [0.3, 0.4) is 0 Å². The summed E-state index contributed by atoms with van der Waals surface area (Å²) < 4.78 is 10.2. The number of carboxylic acid groups (broad SMARTS) is 1. The quantitative estimate of drug-likeness (QED) is 0.675. The predicted octanol–water partition coefficient (Wildman–Crippen LogP) is 2.03. The number of ether oxygens (including phenoxy) is 2. The van der Waals surface area contributed by atoms with Crippen LogP contribution in [0, 0.1) is 0 Å². The standard InChI is InChI=1S/C14H20N2O5S/c1-20-10-6-9(7-11(8-10)21-2)15-14(19)16-12(13(17)18)4-5-22-3/h6-8,12H,4-5H2,1-3H3,(H,17,18)(H2,15,16,19). The molecule has 1 unspecified atom stereocenters. The Hall–Kier alpha value is -2.09. The Morgan fingerprint density at radius 1 is 1.23 bits per heavy atom. The number of anilines is 1. The fourth-order valence-corrected chi connectivity index (χ4v) is 2.17. The molecule has 22 heavy (non-hydrogen) atoms. The summed E-state index contributed by atoms with van der Waals surface area (Å²) in [5, 5.41) is 14.1. The molecule has 0 spiro atoms. The number of urea groups is 1. The lowest BCUT2D eigenvalue weighted by molar-refractivity contribution is -0.139. The Morgan fingerprint density at radius 3 is 2.27 bits per heavy atom. The van der Waals surface area contributed by atoms with Crippen LogP contribution in [0.4, 0.5) is 10.5 Å². The molecule has 2 amide bonds. The molecule has 0 aromatic heterocycles. The average molecular weight is 328 g/mol. The van der Waals surface area contributed by atoms with E-state index in [1.807, 2.05) is 6.26 Å². The van der Waals surface area contributed by atoms with Gasteiger partial charge in [0, 0.05) is 23.9 Å². The number of carbonyl (C=O) groups is 2.